The lowest BCUT2D eigenvalue weighted by atomic mass is 10.0. The standard InChI is InChI=1S/C25H18N2O2/c28-25-22-14-13-20(19-10-5-2-6-11-19)16-23(22)21-12-7-15-26-24(21)27(25)29-17-18-8-3-1-4-9-18/h1-16H,17H2. The zero-order valence-corrected chi connectivity index (χ0v) is 15.7. The van der Waals surface area contributed by atoms with Crippen molar-refractivity contribution in [2.45, 2.75) is 6.61 Å². The van der Waals surface area contributed by atoms with Crippen LogP contribution in [0.15, 0.2) is 102 Å². The van der Waals surface area contributed by atoms with Gasteiger partial charge in [-0.05, 0) is 46.3 Å². The van der Waals surface area contributed by atoms with Crippen LogP contribution in [0.3, 0.4) is 0 Å². The summed E-state index contributed by atoms with van der Waals surface area (Å²) in [6.07, 6.45) is 1.68. The maximum absolute atomic E-state index is 13.2. The molecule has 0 radical (unpaired) electrons. The maximum atomic E-state index is 13.2. The number of pyridine rings is 2. The number of rotatable bonds is 4. The fourth-order valence-corrected chi connectivity index (χ4v) is 3.57. The van der Waals surface area contributed by atoms with Gasteiger partial charge in [-0.3, -0.25) is 4.79 Å². The van der Waals surface area contributed by atoms with Crippen LogP contribution in [0, 0.1) is 0 Å². The summed E-state index contributed by atoms with van der Waals surface area (Å²) < 4.78 is 1.31. The van der Waals surface area contributed by atoms with Crippen LogP contribution in [-0.4, -0.2) is 9.71 Å². The number of nitrogens with zero attached hydrogens (tertiary/aromatic N) is 2. The molecule has 0 bridgehead atoms. The molecule has 0 amide bonds. The van der Waals surface area contributed by atoms with E-state index in [1.807, 2.05) is 72.8 Å². The van der Waals surface area contributed by atoms with Crippen LogP contribution in [0.5, 0.6) is 0 Å². The second kappa shape index (κ2) is 7.24. The molecule has 29 heavy (non-hydrogen) atoms. The van der Waals surface area contributed by atoms with Crippen molar-refractivity contribution in [3.8, 4) is 11.1 Å². The lowest BCUT2D eigenvalue weighted by Gasteiger charge is -2.14. The number of fused-ring (bicyclic) bond motifs is 3. The van der Waals surface area contributed by atoms with Gasteiger partial charge in [0.05, 0.1) is 5.39 Å². The molecule has 4 heteroatoms. The molecule has 0 aliphatic heterocycles. The Hall–Kier alpha value is -3.92. The highest BCUT2D eigenvalue weighted by atomic mass is 16.7. The minimum absolute atomic E-state index is 0.207. The minimum atomic E-state index is -0.207. The number of hydrogen-bond donors (Lipinski definition) is 0. The Morgan fingerprint density at radius 3 is 2.28 bits per heavy atom. The lowest BCUT2D eigenvalue weighted by Crippen LogP contribution is -2.28. The lowest BCUT2D eigenvalue weighted by molar-refractivity contribution is 0.0990. The fraction of sp³-hybridized carbons (Fsp3) is 0.0400. The molecule has 140 valence electrons. The second-order valence-corrected chi connectivity index (χ2v) is 6.86. The molecule has 0 aliphatic carbocycles. The molecule has 2 aromatic heterocycles. The van der Waals surface area contributed by atoms with Crippen molar-refractivity contribution in [3.05, 3.63) is 113 Å². The Kier molecular flexibility index (Phi) is 4.30. The van der Waals surface area contributed by atoms with E-state index in [2.05, 4.69) is 23.2 Å². The first kappa shape index (κ1) is 17.2. The third-order valence-corrected chi connectivity index (χ3v) is 5.01. The van der Waals surface area contributed by atoms with Crippen molar-refractivity contribution in [3.63, 3.8) is 0 Å². The summed E-state index contributed by atoms with van der Waals surface area (Å²) in [5.41, 5.74) is 3.47. The van der Waals surface area contributed by atoms with Crippen LogP contribution < -0.4 is 10.4 Å². The molecule has 0 N–H and O–H groups in total. The molecule has 0 aliphatic rings. The molecule has 2 heterocycles. The first-order valence-corrected chi connectivity index (χ1v) is 9.47. The van der Waals surface area contributed by atoms with Crippen LogP contribution in [0.4, 0.5) is 0 Å². The van der Waals surface area contributed by atoms with Gasteiger partial charge in [0.2, 0.25) is 0 Å². The smallest absolute Gasteiger partial charge is 0.292 e. The van der Waals surface area contributed by atoms with E-state index in [0.29, 0.717) is 17.6 Å². The predicted octanol–water partition coefficient (Wildman–Crippen LogP) is 4.85. The van der Waals surface area contributed by atoms with E-state index in [9.17, 15) is 4.79 Å². The van der Waals surface area contributed by atoms with Crippen molar-refractivity contribution < 1.29 is 4.84 Å². The van der Waals surface area contributed by atoms with Gasteiger partial charge in [-0.25, -0.2) is 4.98 Å². The highest BCUT2D eigenvalue weighted by Crippen LogP contribution is 2.27. The molecule has 0 spiro atoms. The molecule has 5 rings (SSSR count). The summed E-state index contributed by atoms with van der Waals surface area (Å²) in [5, 5.41) is 2.37. The molecule has 0 saturated heterocycles. The van der Waals surface area contributed by atoms with Crippen LogP contribution >= 0.6 is 0 Å². The molecule has 4 nitrogen and oxygen atoms in total. The van der Waals surface area contributed by atoms with Gasteiger partial charge in [0, 0.05) is 11.6 Å². The van der Waals surface area contributed by atoms with Gasteiger partial charge >= 0.3 is 0 Å². The van der Waals surface area contributed by atoms with Crippen molar-refractivity contribution in [2.24, 2.45) is 0 Å². The molecule has 5 aromatic rings. The van der Waals surface area contributed by atoms with Crippen LogP contribution in [0.1, 0.15) is 5.56 Å². The molecular formula is C25H18N2O2. The predicted molar refractivity (Wildman–Crippen MR) is 116 cm³/mol. The molecule has 3 aromatic carbocycles. The maximum Gasteiger partial charge on any atom is 0.292 e. The molecule has 0 atom stereocenters. The van der Waals surface area contributed by atoms with E-state index in [1.54, 1.807) is 6.20 Å². The first-order valence-electron chi connectivity index (χ1n) is 9.47. The Balaban J connectivity index is 1.69. The van der Waals surface area contributed by atoms with Crippen LogP contribution in [0.2, 0.25) is 0 Å². The summed E-state index contributed by atoms with van der Waals surface area (Å²) in [6, 6.07) is 29.7. The van der Waals surface area contributed by atoms with E-state index in [-0.39, 0.29) is 5.56 Å². The average molecular weight is 378 g/mol. The Morgan fingerprint density at radius 1 is 0.724 bits per heavy atom. The molecule has 0 fully saturated rings. The summed E-state index contributed by atoms with van der Waals surface area (Å²) in [5.74, 6) is 0. The minimum Gasteiger partial charge on any atom is -0.404 e. The molecule has 0 saturated carbocycles. The van der Waals surface area contributed by atoms with Crippen molar-refractivity contribution in [2.75, 3.05) is 0 Å². The Bertz CT molecular complexity index is 1360. The summed E-state index contributed by atoms with van der Waals surface area (Å²) in [4.78, 5) is 23.6. The van der Waals surface area contributed by atoms with E-state index < -0.39 is 0 Å². The highest BCUT2D eigenvalue weighted by Gasteiger charge is 2.13. The quantitative estimate of drug-likeness (QED) is 0.420. The van der Waals surface area contributed by atoms with Gasteiger partial charge in [-0.15, -0.1) is 4.73 Å². The SMILES string of the molecule is O=c1c2ccc(-c3ccccc3)cc2c2cccnc2n1OCc1ccccc1. The largest absolute Gasteiger partial charge is 0.404 e. The zero-order valence-electron chi connectivity index (χ0n) is 15.7. The fourth-order valence-electron chi connectivity index (χ4n) is 3.57. The first-order chi connectivity index (χ1) is 14.3. The number of benzene rings is 3. The van der Waals surface area contributed by atoms with Gasteiger partial charge in [-0.1, -0.05) is 66.7 Å². The molecule has 0 unspecified atom stereocenters. The van der Waals surface area contributed by atoms with Gasteiger partial charge in [-0.2, -0.15) is 0 Å². The number of aromatic nitrogens is 2. The monoisotopic (exact) mass is 378 g/mol. The van der Waals surface area contributed by atoms with E-state index in [1.165, 1.54) is 4.73 Å². The topological polar surface area (TPSA) is 44.1 Å². The normalized spacial score (nSPS) is 11.0. The zero-order chi connectivity index (χ0) is 19.6. The summed E-state index contributed by atoms with van der Waals surface area (Å²) in [6.45, 7) is 0.292. The number of hydrogen-bond acceptors (Lipinski definition) is 3. The van der Waals surface area contributed by atoms with E-state index in [4.69, 9.17) is 4.84 Å². The van der Waals surface area contributed by atoms with Crippen molar-refractivity contribution >= 4 is 21.8 Å². The van der Waals surface area contributed by atoms with Gasteiger partial charge in [0.15, 0.2) is 5.65 Å². The van der Waals surface area contributed by atoms with Gasteiger partial charge in [0.1, 0.15) is 6.61 Å². The third-order valence-electron chi connectivity index (χ3n) is 5.01. The van der Waals surface area contributed by atoms with E-state index >= 15 is 0 Å². The summed E-state index contributed by atoms with van der Waals surface area (Å²) >= 11 is 0. The van der Waals surface area contributed by atoms with Gasteiger partial charge < -0.3 is 4.84 Å². The Labute approximate surface area is 167 Å². The van der Waals surface area contributed by atoms with Crippen molar-refractivity contribution in [1.82, 2.24) is 9.71 Å². The van der Waals surface area contributed by atoms with Crippen LogP contribution in [0.25, 0.3) is 32.9 Å². The van der Waals surface area contributed by atoms with Crippen LogP contribution in [-0.2, 0) is 6.61 Å². The van der Waals surface area contributed by atoms with Crippen molar-refractivity contribution in [1.29, 1.82) is 0 Å². The average Bonchev–Trinajstić information content (AvgIpc) is 2.80. The van der Waals surface area contributed by atoms with E-state index in [0.717, 1.165) is 27.5 Å². The Morgan fingerprint density at radius 2 is 1.48 bits per heavy atom. The molecular weight excluding hydrogens is 360 g/mol. The highest BCUT2D eigenvalue weighted by molar-refractivity contribution is 6.05. The van der Waals surface area contributed by atoms with Gasteiger partial charge in [0.25, 0.3) is 5.56 Å². The third kappa shape index (κ3) is 3.15. The second-order valence-electron chi connectivity index (χ2n) is 6.86. The summed E-state index contributed by atoms with van der Waals surface area (Å²) in [7, 11) is 0.